The minimum atomic E-state index is -0.213. The molecule has 1 atom stereocenters. The van der Waals surface area contributed by atoms with Crippen LogP contribution in [-0.2, 0) is 4.79 Å². The molecule has 2 aromatic carbocycles. The van der Waals surface area contributed by atoms with Crippen LogP contribution >= 0.6 is 0 Å². The topological polar surface area (TPSA) is 46.5 Å². The van der Waals surface area contributed by atoms with E-state index in [0.29, 0.717) is 24.2 Å². The minimum Gasteiger partial charge on any atom is -0.508 e. The molecule has 0 bridgehead atoms. The van der Waals surface area contributed by atoms with Crippen LogP contribution in [0.4, 0.5) is 0 Å². The number of aromatic hydroxyl groups is 1. The molecule has 3 heteroatoms. The van der Waals surface area contributed by atoms with Gasteiger partial charge in [-0.2, -0.15) is 0 Å². The van der Waals surface area contributed by atoms with E-state index in [-0.39, 0.29) is 17.6 Å². The first-order chi connectivity index (χ1) is 9.65. The first kappa shape index (κ1) is 12.7. The van der Waals surface area contributed by atoms with Gasteiger partial charge in [0.1, 0.15) is 11.5 Å². The average molecular weight is 268 g/mol. The molecule has 3 nitrogen and oxygen atoms in total. The summed E-state index contributed by atoms with van der Waals surface area (Å²) in [6.07, 6.45) is 1.08. The Morgan fingerprint density at radius 3 is 2.70 bits per heavy atom. The fourth-order valence-corrected chi connectivity index (χ4v) is 2.67. The number of fused-ring (bicyclic) bond motifs is 1. The molecule has 1 aliphatic rings. The molecule has 1 heterocycles. The molecule has 20 heavy (non-hydrogen) atoms. The fourth-order valence-electron chi connectivity index (χ4n) is 2.67. The highest BCUT2D eigenvalue weighted by atomic mass is 16.5. The number of hydrogen-bond donors (Lipinski definition) is 1. The van der Waals surface area contributed by atoms with Gasteiger partial charge in [-0.1, -0.05) is 30.3 Å². The molecule has 2 aromatic rings. The number of aryl methyl sites for hydroxylation is 1. The van der Waals surface area contributed by atoms with Crippen molar-refractivity contribution in [3.05, 3.63) is 59.2 Å². The van der Waals surface area contributed by atoms with E-state index < -0.39 is 0 Å². The van der Waals surface area contributed by atoms with Crippen molar-refractivity contribution in [2.24, 2.45) is 0 Å². The van der Waals surface area contributed by atoms with Gasteiger partial charge < -0.3 is 9.84 Å². The smallest absolute Gasteiger partial charge is 0.311 e. The zero-order valence-electron chi connectivity index (χ0n) is 11.3. The standard InChI is InChI=1S/C17H16O3/c1-11-9-16-14(10-15(11)18)13(7-8-17(19)20-16)12-5-3-2-4-6-12/h2-6,9-10,13,18H,7-8H2,1H3. The number of esters is 1. The largest absolute Gasteiger partial charge is 0.508 e. The molecule has 0 spiro atoms. The van der Waals surface area contributed by atoms with Crippen molar-refractivity contribution in [3.8, 4) is 11.5 Å². The van der Waals surface area contributed by atoms with E-state index in [1.165, 1.54) is 0 Å². The predicted molar refractivity (Wildman–Crippen MR) is 76.0 cm³/mol. The molecule has 0 radical (unpaired) electrons. The zero-order chi connectivity index (χ0) is 14.1. The molecule has 0 saturated heterocycles. The molecule has 0 saturated carbocycles. The van der Waals surface area contributed by atoms with Crippen LogP contribution in [-0.4, -0.2) is 11.1 Å². The highest BCUT2D eigenvalue weighted by Crippen LogP contribution is 2.40. The second-order valence-corrected chi connectivity index (χ2v) is 5.15. The summed E-state index contributed by atoms with van der Waals surface area (Å²) < 4.78 is 5.39. The van der Waals surface area contributed by atoms with E-state index in [2.05, 4.69) is 0 Å². The summed E-state index contributed by atoms with van der Waals surface area (Å²) in [4.78, 5) is 11.7. The van der Waals surface area contributed by atoms with Crippen molar-refractivity contribution in [2.45, 2.75) is 25.7 Å². The van der Waals surface area contributed by atoms with Crippen molar-refractivity contribution in [3.63, 3.8) is 0 Å². The molecule has 0 aromatic heterocycles. The van der Waals surface area contributed by atoms with E-state index in [1.54, 1.807) is 19.1 Å². The first-order valence-electron chi connectivity index (χ1n) is 6.74. The van der Waals surface area contributed by atoms with E-state index in [4.69, 9.17) is 4.74 Å². The van der Waals surface area contributed by atoms with E-state index in [1.807, 2.05) is 30.3 Å². The number of benzene rings is 2. The molecule has 0 fully saturated rings. The van der Waals surface area contributed by atoms with Crippen molar-refractivity contribution >= 4 is 5.97 Å². The fraction of sp³-hybridized carbons (Fsp3) is 0.235. The summed E-state index contributed by atoms with van der Waals surface area (Å²) in [7, 11) is 0. The summed E-state index contributed by atoms with van der Waals surface area (Å²) >= 11 is 0. The Balaban J connectivity index is 2.14. The Bertz CT molecular complexity index is 647. The van der Waals surface area contributed by atoms with Gasteiger partial charge in [0.15, 0.2) is 0 Å². The molecule has 0 aliphatic carbocycles. The van der Waals surface area contributed by atoms with Crippen molar-refractivity contribution in [1.82, 2.24) is 0 Å². The van der Waals surface area contributed by atoms with Crippen molar-refractivity contribution in [2.75, 3.05) is 0 Å². The number of phenolic OH excluding ortho intramolecular Hbond substituents is 1. The zero-order valence-corrected chi connectivity index (χ0v) is 11.3. The third-order valence-corrected chi connectivity index (χ3v) is 3.77. The van der Waals surface area contributed by atoms with Gasteiger partial charge in [0, 0.05) is 17.9 Å². The SMILES string of the molecule is Cc1cc2c(cc1O)C(c1ccccc1)CCC(=O)O2. The maximum Gasteiger partial charge on any atom is 0.311 e. The number of carbonyl (C=O) groups is 1. The summed E-state index contributed by atoms with van der Waals surface area (Å²) in [6.45, 7) is 1.80. The van der Waals surface area contributed by atoms with E-state index in [9.17, 15) is 9.90 Å². The lowest BCUT2D eigenvalue weighted by Gasteiger charge is -2.17. The van der Waals surface area contributed by atoms with Gasteiger partial charge >= 0.3 is 5.97 Å². The third kappa shape index (κ3) is 2.27. The van der Waals surface area contributed by atoms with Gasteiger partial charge in [0.2, 0.25) is 0 Å². The number of ether oxygens (including phenoxy) is 1. The number of phenols is 1. The van der Waals surface area contributed by atoms with Crippen LogP contribution < -0.4 is 4.74 Å². The maximum absolute atomic E-state index is 11.7. The van der Waals surface area contributed by atoms with Crippen LogP contribution in [0.3, 0.4) is 0 Å². The highest BCUT2D eigenvalue weighted by Gasteiger charge is 2.26. The quantitative estimate of drug-likeness (QED) is 0.635. The second-order valence-electron chi connectivity index (χ2n) is 5.15. The highest BCUT2D eigenvalue weighted by molar-refractivity contribution is 5.74. The summed E-state index contributed by atoms with van der Waals surface area (Å²) in [5.41, 5.74) is 2.73. The number of carbonyl (C=O) groups excluding carboxylic acids is 1. The Morgan fingerprint density at radius 2 is 1.95 bits per heavy atom. The summed E-state index contributed by atoms with van der Waals surface area (Å²) in [6, 6.07) is 13.5. The number of rotatable bonds is 1. The van der Waals surface area contributed by atoms with E-state index >= 15 is 0 Å². The first-order valence-corrected chi connectivity index (χ1v) is 6.74. The molecule has 0 amide bonds. The third-order valence-electron chi connectivity index (χ3n) is 3.77. The lowest BCUT2D eigenvalue weighted by Crippen LogP contribution is -2.05. The van der Waals surface area contributed by atoms with Crippen LogP contribution in [0.1, 0.15) is 35.4 Å². The van der Waals surface area contributed by atoms with Crippen LogP contribution in [0.25, 0.3) is 0 Å². The normalized spacial score (nSPS) is 18.1. The molecule has 1 unspecified atom stereocenters. The monoisotopic (exact) mass is 268 g/mol. The van der Waals surface area contributed by atoms with Crippen molar-refractivity contribution < 1.29 is 14.6 Å². The van der Waals surface area contributed by atoms with Gasteiger partial charge in [-0.25, -0.2) is 0 Å². The lowest BCUT2D eigenvalue weighted by molar-refractivity contribution is -0.134. The van der Waals surface area contributed by atoms with Crippen molar-refractivity contribution in [1.29, 1.82) is 0 Å². The summed E-state index contributed by atoms with van der Waals surface area (Å²) in [5, 5.41) is 9.96. The molecule has 3 rings (SSSR count). The van der Waals surface area contributed by atoms with Gasteiger partial charge in [0.25, 0.3) is 0 Å². The van der Waals surface area contributed by atoms with E-state index in [0.717, 1.165) is 11.1 Å². The average Bonchev–Trinajstić information content (AvgIpc) is 2.59. The Kier molecular flexibility index (Phi) is 3.18. The lowest BCUT2D eigenvalue weighted by atomic mass is 9.87. The van der Waals surface area contributed by atoms with Gasteiger partial charge in [-0.15, -0.1) is 0 Å². The Morgan fingerprint density at radius 1 is 1.20 bits per heavy atom. The van der Waals surface area contributed by atoms with Crippen LogP contribution in [0.5, 0.6) is 11.5 Å². The molecule has 102 valence electrons. The Labute approximate surface area is 117 Å². The Hall–Kier alpha value is -2.29. The summed E-state index contributed by atoms with van der Waals surface area (Å²) in [5.74, 6) is 0.665. The maximum atomic E-state index is 11.7. The minimum absolute atomic E-state index is 0.0733. The van der Waals surface area contributed by atoms with Crippen LogP contribution in [0.15, 0.2) is 42.5 Å². The number of hydrogen-bond acceptors (Lipinski definition) is 3. The van der Waals surface area contributed by atoms with Gasteiger partial charge in [0.05, 0.1) is 0 Å². The molecular formula is C17H16O3. The van der Waals surface area contributed by atoms with Crippen LogP contribution in [0.2, 0.25) is 0 Å². The second kappa shape index (κ2) is 5.00. The van der Waals surface area contributed by atoms with Gasteiger partial charge in [-0.3, -0.25) is 4.79 Å². The predicted octanol–water partition coefficient (Wildman–Crippen LogP) is 3.53. The molecule has 1 N–H and O–H groups in total. The van der Waals surface area contributed by atoms with Crippen LogP contribution in [0, 0.1) is 6.92 Å². The molecule has 1 aliphatic heterocycles. The molecular weight excluding hydrogens is 252 g/mol. The van der Waals surface area contributed by atoms with Gasteiger partial charge in [-0.05, 0) is 36.6 Å².